The zero-order valence-electron chi connectivity index (χ0n) is 21.5. The maximum Gasteiger partial charge on any atom is 0.269 e. The molecule has 0 aliphatic carbocycles. The first-order valence-corrected chi connectivity index (χ1v) is 12.9. The summed E-state index contributed by atoms with van der Waals surface area (Å²) in [6.07, 6.45) is 9.04. The monoisotopic (exact) mass is 493 g/mol. The maximum atomic E-state index is 12.8. The highest BCUT2D eigenvalue weighted by Crippen LogP contribution is 2.40. The van der Waals surface area contributed by atoms with Gasteiger partial charge in [0.1, 0.15) is 11.5 Å². The average molecular weight is 494 g/mol. The lowest BCUT2D eigenvalue weighted by molar-refractivity contribution is 0.0958. The number of nitrogens with zero attached hydrogens (tertiary/aromatic N) is 4. The minimum absolute atomic E-state index is 0.181. The van der Waals surface area contributed by atoms with Gasteiger partial charge in [-0.1, -0.05) is 18.2 Å². The predicted molar refractivity (Wildman–Crippen MR) is 147 cm³/mol. The van der Waals surface area contributed by atoms with Gasteiger partial charge in [0.2, 0.25) is 0 Å². The van der Waals surface area contributed by atoms with E-state index in [-0.39, 0.29) is 5.91 Å². The van der Waals surface area contributed by atoms with Crippen molar-refractivity contribution >= 4 is 33.8 Å². The van der Waals surface area contributed by atoms with Crippen LogP contribution in [-0.4, -0.2) is 47.5 Å². The van der Waals surface area contributed by atoms with Crippen LogP contribution in [-0.2, 0) is 18.2 Å². The minimum atomic E-state index is -0.181. The van der Waals surface area contributed by atoms with Gasteiger partial charge in [-0.25, -0.2) is 4.98 Å². The van der Waals surface area contributed by atoms with E-state index in [2.05, 4.69) is 64.8 Å². The highest BCUT2D eigenvalue weighted by molar-refractivity contribution is 6.02. The number of pyridine rings is 1. The van der Waals surface area contributed by atoms with Crippen LogP contribution < -0.4 is 10.2 Å². The van der Waals surface area contributed by atoms with Crippen LogP contribution >= 0.6 is 0 Å². The first-order valence-electron chi connectivity index (χ1n) is 12.9. The lowest BCUT2D eigenvalue weighted by Gasteiger charge is -2.32. The van der Waals surface area contributed by atoms with Gasteiger partial charge in [-0.2, -0.15) is 5.10 Å². The summed E-state index contributed by atoms with van der Waals surface area (Å²) < 4.78 is 7.34. The van der Waals surface area contributed by atoms with Crippen molar-refractivity contribution in [2.75, 3.05) is 31.7 Å². The molecule has 188 valence electrons. The highest BCUT2D eigenvalue weighted by Gasteiger charge is 2.24. The number of fused-ring (bicyclic) bond motifs is 2. The molecule has 0 radical (unpaired) electrons. The van der Waals surface area contributed by atoms with E-state index in [0.717, 1.165) is 60.3 Å². The molecule has 1 N–H and O–H groups in total. The zero-order chi connectivity index (χ0) is 25.5. The second-order valence-corrected chi connectivity index (χ2v) is 9.85. The first kappa shape index (κ1) is 23.4. The van der Waals surface area contributed by atoms with Gasteiger partial charge < -0.3 is 15.0 Å². The molecule has 6 rings (SSSR count). The van der Waals surface area contributed by atoms with Crippen LogP contribution in [0.5, 0.6) is 0 Å². The summed E-state index contributed by atoms with van der Waals surface area (Å²) in [5, 5.41) is 9.18. The summed E-state index contributed by atoms with van der Waals surface area (Å²) in [7, 11) is 3.59. The predicted octanol–water partition coefficient (Wildman–Crippen LogP) is 5.19. The Morgan fingerprint density at radius 2 is 2.00 bits per heavy atom. The van der Waals surface area contributed by atoms with Crippen LogP contribution in [0.25, 0.3) is 27.5 Å². The molecule has 0 saturated carbocycles. The highest BCUT2D eigenvalue weighted by atomic mass is 16.5. The molecule has 2 aliphatic rings. The van der Waals surface area contributed by atoms with Gasteiger partial charge >= 0.3 is 0 Å². The molecule has 4 aromatic rings. The summed E-state index contributed by atoms with van der Waals surface area (Å²) in [6.45, 7) is 4.38. The molecule has 2 aliphatic heterocycles. The Kier molecular flexibility index (Phi) is 6.00. The molecule has 0 unspecified atom stereocenters. The van der Waals surface area contributed by atoms with Crippen molar-refractivity contribution in [2.45, 2.75) is 26.2 Å². The fraction of sp³-hybridized carbons (Fsp3) is 0.300. The number of carbonyl (C=O) groups excluding carboxylic acids is 1. The number of aryl methyl sites for hydroxylation is 3. The van der Waals surface area contributed by atoms with Gasteiger partial charge in [-0.3, -0.25) is 9.48 Å². The summed E-state index contributed by atoms with van der Waals surface area (Å²) in [4.78, 5) is 20.0. The Morgan fingerprint density at radius 1 is 1.11 bits per heavy atom. The third kappa shape index (κ3) is 4.29. The lowest BCUT2D eigenvalue weighted by atomic mass is 9.93. The van der Waals surface area contributed by atoms with Crippen molar-refractivity contribution < 1.29 is 9.53 Å². The summed E-state index contributed by atoms with van der Waals surface area (Å²) in [5.41, 5.74) is 8.87. The van der Waals surface area contributed by atoms with E-state index in [1.807, 2.05) is 24.0 Å². The van der Waals surface area contributed by atoms with E-state index in [4.69, 9.17) is 9.72 Å². The molecule has 0 saturated heterocycles. The van der Waals surface area contributed by atoms with Crippen LogP contribution in [0.3, 0.4) is 0 Å². The Balaban J connectivity index is 1.50. The van der Waals surface area contributed by atoms with Gasteiger partial charge in [0.05, 0.1) is 19.4 Å². The minimum Gasteiger partial charge on any atom is -0.377 e. The molecule has 0 atom stereocenters. The van der Waals surface area contributed by atoms with Crippen LogP contribution in [0.4, 0.5) is 11.5 Å². The number of hydrogen-bond donors (Lipinski definition) is 1. The fourth-order valence-electron chi connectivity index (χ4n) is 5.51. The van der Waals surface area contributed by atoms with Crippen molar-refractivity contribution in [1.29, 1.82) is 0 Å². The molecule has 0 bridgehead atoms. The van der Waals surface area contributed by atoms with Crippen molar-refractivity contribution in [2.24, 2.45) is 7.05 Å². The van der Waals surface area contributed by atoms with Crippen molar-refractivity contribution in [1.82, 2.24) is 20.1 Å². The largest absolute Gasteiger partial charge is 0.377 e. The van der Waals surface area contributed by atoms with Crippen LogP contribution in [0.15, 0.2) is 54.9 Å². The summed E-state index contributed by atoms with van der Waals surface area (Å²) >= 11 is 0. The molecule has 0 fully saturated rings. The Morgan fingerprint density at radius 3 is 2.76 bits per heavy atom. The number of hydrogen-bond acceptors (Lipinski definition) is 5. The number of anilines is 2. The zero-order valence-corrected chi connectivity index (χ0v) is 21.5. The number of aromatic nitrogens is 3. The first-order chi connectivity index (χ1) is 18.0. The Labute approximate surface area is 216 Å². The summed E-state index contributed by atoms with van der Waals surface area (Å²) in [6, 6.07) is 13.0. The van der Waals surface area contributed by atoms with Crippen molar-refractivity contribution in [3.8, 4) is 11.1 Å². The molecule has 7 heteroatoms. The third-order valence-electron chi connectivity index (χ3n) is 7.42. The molecular weight excluding hydrogens is 462 g/mol. The van der Waals surface area contributed by atoms with Crippen molar-refractivity contribution in [3.63, 3.8) is 0 Å². The molecule has 7 nitrogen and oxygen atoms in total. The Bertz CT molecular complexity index is 1550. The molecular formula is C30H31N5O2. The van der Waals surface area contributed by atoms with Crippen LogP contribution in [0, 0.1) is 6.92 Å². The summed E-state index contributed by atoms with van der Waals surface area (Å²) in [5.74, 6) is 0.650. The second-order valence-electron chi connectivity index (χ2n) is 9.85. The molecule has 0 spiro atoms. The van der Waals surface area contributed by atoms with E-state index in [1.165, 1.54) is 27.8 Å². The lowest BCUT2D eigenvalue weighted by Crippen LogP contribution is -2.27. The molecule has 1 amide bonds. The van der Waals surface area contributed by atoms with E-state index >= 15 is 0 Å². The number of carbonyl (C=O) groups is 1. The topological polar surface area (TPSA) is 72.3 Å². The number of benzene rings is 2. The molecule has 2 aromatic carbocycles. The molecule has 37 heavy (non-hydrogen) atoms. The number of ether oxygens (including phenoxy) is 1. The number of rotatable bonds is 4. The number of nitrogens with one attached hydrogen (secondary N) is 1. The van der Waals surface area contributed by atoms with E-state index in [0.29, 0.717) is 12.3 Å². The third-order valence-corrected chi connectivity index (χ3v) is 7.42. The standard InChI is InChI=1S/C30H31N5O2/c1-19-13-28-22(15-26(19)24-17-32-34(3)18-24)5-4-10-35(28)29-25-7-6-21(20-8-11-37-12-9-20)14-23(25)16-27(33-29)30(36)31-2/h6-8,13-18H,4-5,9-12H2,1-3H3,(H,31,36). The van der Waals surface area contributed by atoms with E-state index in [1.54, 1.807) is 7.05 Å². The quantitative estimate of drug-likeness (QED) is 0.424. The smallest absolute Gasteiger partial charge is 0.269 e. The normalized spacial score (nSPS) is 15.4. The van der Waals surface area contributed by atoms with Crippen LogP contribution in [0.2, 0.25) is 0 Å². The maximum absolute atomic E-state index is 12.8. The van der Waals surface area contributed by atoms with Gasteiger partial charge in [0.25, 0.3) is 5.91 Å². The average Bonchev–Trinajstić information content (AvgIpc) is 3.37. The van der Waals surface area contributed by atoms with E-state index < -0.39 is 0 Å². The van der Waals surface area contributed by atoms with Gasteiger partial charge in [-0.05, 0) is 83.7 Å². The fourth-order valence-corrected chi connectivity index (χ4v) is 5.51. The SMILES string of the molecule is CNC(=O)c1cc2cc(C3=CCOCC3)ccc2c(N2CCCc3cc(-c4cnn(C)c4)c(C)cc32)n1. The molecule has 4 heterocycles. The van der Waals surface area contributed by atoms with E-state index in [9.17, 15) is 4.79 Å². The van der Waals surface area contributed by atoms with Gasteiger partial charge in [0.15, 0.2) is 0 Å². The Hall–Kier alpha value is -3.97. The number of amides is 1. The second kappa shape index (κ2) is 9.48. The molecule has 2 aromatic heterocycles. The van der Waals surface area contributed by atoms with Crippen molar-refractivity contribution in [3.05, 3.63) is 77.3 Å². The van der Waals surface area contributed by atoms with Crippen LogP contribution in [0.1, 0.15) is 40.0 Å². The van der Waals surface area contributed by atoms with Gasteiger partial charge in [0, 0.05) is 43.5 Å². The van der Waals surface area contributed by atoms with Gasteiger partial charge in [-0.15, -0.1) is 0 Å².